The summed E-state index contributed by atoms with van der Waals surface area (Å²) in [6, 6.07) is 20.4. The van der Waals surface area contributed by atoms with E-state index >= 15 is 0 Å². The molecule has 2 aromatic rings. The van der Waals surface area contributed by atoms with Gasteiger partial charge in [-0.1, -0.05) is 74.0 Å². The molecule has 1 atom stereocenters. The third-order valence-corrected chi connectivity index (χ3v) is 3.92. The topological polar surface area (TPSA) is 29.5 Å². The summed E-state index contributed by atoms with van der Waals surface area (Å²) < 4.78 is 5.78. The Kier molecular flexibility index (Phi) is 6.63. The SMILES string of the molecule is CCC[C@@](O)(CCc1ccccc1)COCc1ccccc1. The third-order valence-electron chi connectivity index (χ3n) is 3.92. The molecule has 2 aromatic carbocycles. The van der Waals surface area contributed by atoms with Crippen LogP contribution in [0.5, 0.6) is 0 Å². The summed E-state index contributed by atoms with van der Waals surface area (Å²) in [5.41, 5.74) is 1.67. The number of aryl methyl sites for hydroxylation is 1. The van der Waals surface area contributed by atoms with Crippen LogP contribution in [0.2, 0.25) is 0 Å². The van der Waals surface area contributed by atoms with Gasteiger partial charge in [-0.2, -0.15) is 0 Å². The maximum absolute atomic E-state index is 10.8. The van der Waals surface area contributed by atoms with Crippen LogP contribution in [0.25, 0.3) is 0 Å². The van der Waals surface area contributed by atoms with Gasteiger partial charge in [-0.25, -0.2) is 0 Å². The van der Waals surface area contributed by atoms with E-state index in [0.717, 1.165) is 31.2 Å². The van der Waals surface area contributed by atoms with Crippen LogP contribution in [0.15, 0.2) is 60.7 Å². The molecule has 2 heteroatoms. The Labute approximate surface area is 133 Å². The van der Waals surface area contributed by atoms with Crippen molar-refractivity contribution in [2.24, 2.45) is 0 Å². The molecule has 0 unspecified atom stereocenters. The smallest absolute Gasteiger partial charge is 0.0883 e. The average Bonchev–Trinajstić information content (AvgIpc) is 2.55. The van der Waals surface area contributed by atoms with Crippen LogP contribution >= 0.6 is 0 Å². The Bertz CT molecular complexity index is 524. The molecule has 0 saturated carbocycles. The van der Waals surface area contributed by atoms with Crippen molar-refractivity contribution in [1.29, 1.82) is 0 Å². The fraction of sp³-hybridized carbons (Fsp3) is 0.400. The fourth-order valence-electron chi connectivity index (χ4n) is 2.69. The van der Waals surface area contributed by atoms with Crippen molar-refractivity contribution in [1.82, 2.24) is 0 Å². The Balaban J connectivity index is 1.84. The minimum atomic E-state index is -0.737. The molecule has 1 N–H and O–H groups in total. The Morgan fingerprint density at radius 3 is 2.05 bits per heavy atom. The van der Waals surface area contributed by atoms with E-state index in [2.05, 4.69) is 19.1 Å². The zero-order chi connectivity index (χ0) is 15.7. The molecule has 0 spiro atoms. The van der Waals surface area contributed by atoms with Gasteiger partial charge in [0, 0.05) is 0 Å². The lowest BCUT2D eigenvalue weighted by molar-refractivity contribution is -0.0622. The number of rotatable bonds is 9. The molecule has 0 amide bonds. The van der Waals surface area contributed by atoms with Crippen LogP contribution in [0.4, 0.5) is 0 Å². The highest BCUT2D eigenvalue weighted by Crippen LogP contribution is 2.21. The van der Waals surface area contributed by atoms with E-state index in [1.807, 2.05) is 48.5 Å². The summed E-state index contributed by atoms with van der Waals surface area (Å²) in [4.78, 5) is 0. The van der Waals surface area contributed by atoms with Crippen molar-refractivity contribution < 1.29 is 9.84 Å². The summed E-state index contributed by atoms with van der Waals surface area (Å²) in [5.74, 6) is 0. The lowest BCUT2D eigenvalue weighted by atomic mass is 9.91. The van der Waals surface area contributed by atoms with E-state index in [1.54, 1.807) is 0 Å². The highest BCUT2D eigenvalue weighted by atomic mass is 16.5. The van der Waals surface area contributed by atoms with Gasteiger partial charge in [0.05, 0.1) is 18.8 Å². The summed E-state index contributed by atoms with van der Waals surface area (Å²) in [6.45, 7) is 3.05. The van der Waals surface area contributed by atoms with Gasteiger partial charge in [-0.15, -0.1) is 0 Å². The molecule has 118 valence electrons. The fourth-order valence-corrected chi connectivity index (χ4v) is 2.69. The lowest BCUT2D eigenvalue weighted by Crippen LogP contribution is -2.35. The minimum absolute atomic E-state index is 0.391. The van der Waals surface area contributed by atoms with E-state index in [9.17, 15) is 5.11 Å². The molecule has 0 aliphatic heterocycles. The summed E-state index contributed by atoms with van der Waals surface area (Å²) in [5, 5.41) is 10.8. The molecule has 0 aliphatic carbocycles. The van der Waals surface area contributed by atoms with Gasteiger partial charge < -0.3 is 9.84 Å². The van der Waals surface area contributed by atoms with E-state index in [1.165, 1.54) is 5.56 Å². The second kappa shape index (κ2) is 8.72. The van der Waals surface area contributed by atoms with Crippen molar-refractivity contribution >= 4 is 0 Å². The van der Waals surface area contributed by atoms with Crippen LogP contribution in [0, 0.1) is 0 Å². The Morgan fingerprint density at radius 2 is 1.45 bits per heavy atom. The molecule has 0 fully saturated rings. The van der Waals surface area contributed by atoms with Crippen molar-refractivity contribution in [3.8, 4) is 0 Å². The number of benzene rings is 2. The standard InChI is InChI=1S/C20H26O2/c1-2-14-20(21,15-13-18-9-5-3-6-10-18)17-22-16-19-11-7-4-8-12-19/h3-12,21H,2,13-17H2,1H3/t20-/m1/s1. The van der Waals surface area contributed by atoms with Crippen LogP contribution in [-0.4, -0.2) is 17.3 Å². The first kappa shape index (κ1) is 16.7. The van der Waals surface area contributed by atoms with E-state index in [-0.39, 0.29) is 0 Å². The second-order valence-corrected chi connectivity index (χ2v) is 5.94. The molecule has 0 saturated heterocycles. The first-order valence-corrected chi connectivity index (χ1v) is 8.10. The van der Waals surface area contributed by atoms with Crippen LogP contribution in [0.1, 0.15) is 37.3 Å². The highest BCUT2D eigenvalue weighted by molar-refractivity contribution is 5.15. The molecular weight excluding hydrogens is 272 g/mol. The monoisotopic (exact) mass is 298 g/mol. The molecule has 0 aromatic heterocycles. The summed E-state index contributed by atoms with van der Waals surface area (Å²) in [6.07, 6.45) is 3.35. The van der Waals surface area contributed by atoms with Crippen LogP contribution < -0.4 is 0 Å². The third kappa shape index (κ3) is 5.63. The minimum Gasteiger partial charge on any atom is -0.387 e. The first-order chi connectivity index (χ1) is 10.7. The van der Waals surface area contributed by atoms with Crippen molar-refractivity contribution in [3.63, 3.8) is 0 Å². The average molecular weight is 298 g/mol. The zero-order valence-corrected chi connectivity index (χ0v) is 13.4. The van der Waals surface area contributed by atoms with Crippen LogP contribution in [-0.2, 0) is 17.8 Å². The summed E-state index contributed by atoms with van der Waals surface area (Å²) in [7, 11) is 0. The molecule has 2 nitrogen and oxygen atoms in total. The lowest BCUT2D eigenvalue weighted by Gasteiger charge is -2.28. The molecule has 0 bridgehead atoms. The highest BCUT2D eigenvalue weighted by Gasteiger charge is 2.26. The molecule has 2 rings (SSSR count). The molecule has 0 aliphatic rings. The van der Waals surface area contributed by atoms with Gasteiger partial charge in [-0.05, 0) is 30.4 Å². The normalized spacial score (nSPS) is 13.7. The van der Waals surface area contributed by atoms with Crippen molar-refractivity contribution in [2.45, 2.75) is 44.8 Å². The zero-order valence-electron chi connectivity index (χ0n) is 13.4. The summed E-state index contributed by atoms with van der Waals surface area (Å²) >= 11 is 0. The molecule has 22 heavy (non-hydrogen) atoms. The Morgan fingerprint density at radius 1 is 0.864 bits per heavy atom. The van der Waals surface area contributed by atoms with E-state index in [0.29, 0.717) is 13.2 Å². The number of ether oxygens (including phenoxy) is 1. The predicted molar refractivity (Wildman–Crippen MR) is 90.7 cm³/mol. The predicted octanol–water partition coefficient (Wildman–Crippen LogP) is 4.37. The number of hydrogen-bond acceptors (Lipinski definition) is 2. The van der Waals surface area contributed by atoms with E-state index < -0.39 is 5.60 Å². The molecular formula is C20H26O2. The first-order valence-electron chi connectivity index (χ1n) is 8.10. The van der Waals surface area contributed by atoms with Crippen LogP contribution in [0.3, 0.4) is 0 Å². The number of aliphatic hydroxyl groups is 1. The Hall–Kier alpha value is -1.64. The number of hydrogen-bond donors (Lipinski definition) is 1. The van der Waals surface area contributed by atoms with Gasteiger partial charge in [0.1, 0.15) is 0 Å². The molecule has 0 radical (unpaired) electrons. The maximum atomic E-state index is 10.8. The van der Waals surface area contributed by atoms with Gasteiger partial charge in [0.2, 0.25) is 0 Å². The van der Waals surface area contributed by atoms with Crippen molar-refractivity contribution in [2.75, 3.05) is 6.61 Å². The van der Waals surface area contributed by atoms with E-state index in [4.69, 9.17) is 4.74 Å². The molecule has 0 heterocycles. The van der Waals surface area contributed by atoms with Crippen molar-refractivity contribution in [3.05, 3.63) is 71.8 Å². The van der Waals surface area contributed by atoms with Gasteiger partial charge >= 0.3 is 0 Å². The van der Waals surface area contributed by atoms with Gasteiger partial charge in [0.25, 0.3) is 0 Å². The largest absolute Gasteiger partial charge is 0.387 e. The second-order valence-electron chi connectivity index (χ2n) is 5.94. The van der Waals surface area contributed by atoms with Gasteiger partial charge in [-0.3, -0.25) is 0 Å². The maximum Gasteiger partial charge on any atom is 0.0883 e. The quantitative estimate of drug-likeness (QED) is 0.745. The van der Waals surface area contributed by atoms with Gasteiger partial charge in [0.15, 0.2) is 0 Å².